The van der Waals surface area contributed by atoms with Crippen LogP contribution in [0.4, 0.5) is 5.82 Å². The van der Waals surface area contributed by atoms with Gasteiger partial charge in [-0.15, -0.1) is 0 Å². The molecule has 0 atom stereocenters. The van der Waals surface area contributed by atoms with Crippen LogP contribution in [0.5, 0.6) is 0 Å². The molecular weight excluding hydrogens is 274 g/mol. The smallest absolute Gasteiger partial charge is 0.132 e. The van der Waals surface area contributed by atoms with Gasteiger partial charge in [0.15, 0.2) is 0 Å². The predicted octanol–water partition coefficient (Wildman–Crippen LogP) is 2.52. The van der Waals surface area contributed by atoms with E-state index in [9.17, 15) is 0 Å². The van der Waals surface area contributed by atoms with Gasteiger partial charge in [-0.3, -0.25) is 4.99 Å². The summed E-state index contributed by atoms with van der Waals surface area (Å²) in [5, 5.41) is 15.7. The SMILES string of the molecule is Cc1cc(C2CCNCC2)cc(NC2=NCCC(C#N)=C2)n1. The molecule has 0 aliphatic carbocycles. The third kappa shape index (κ3) is 3.52. The van der Waals surface area contributed by atoms with E-state index in [1.807, 2.05) is 13.0 Å². The number of hydrogen-bond donors (Lipinski definition) is 2. The molecule has 0 amide bonds. The first-order valence-corrected chi connectivity index (χ1v) is 7.86. The van der Waals surface area contributed by atoms with Gasteiger partial charge >= 0.3 is 0 Å². The molecule has 114 valence electrons. The number of nitrogens with zero attached hydrogens (tertiary/aromatic N) is 3. The van der Waals surface area contributed by atoms with Gasteiger partial charge in [-0.1, -0.05) is 0 Å². The number of aryl methyl sites for hydroxylation is 1. The van der Waals surface area contributed by atoms with Crippen molar-refractivity contribution in [2.24, 2.45) is 4.99 Å². The van der Waals surface area contributed by atoms with Crippen molar-refractivity contribution in [1.82, 2.24) is 10.3 Å². The number of nitriles is 1. The van der Waals surface area contributed by atoms with E-state index in [4.69, 9.17) is 5.26 Å². The molecule has 1 aromatic heterocycles. The van der Waals surface area contributed by atoms with Crippen molar-refractivity contribution in [3.63, 3.8) is 0 Å². The van der Waals surface area contributed by atoms with Gasteiger partial charge in [-0.25, -0.2) is 4.98 Å². The van der Waals surface area contributed by atoms with Crippen LogP contribution in [0, 0.1) is 18.3 Å². The van der Waals surface area contributed by atoms with E-state index in [2.05, 4.69) is 38.8 Å². The highest BCUT2D eigenvalue weighted by atomic mass is 15.1. The van der Waals surface area contributed by atoms with Gasteiger partial charge < -0.3 is 10.6 Å². The Labute approximate surface area is 131 Å². The lowest BCUT2D eigenvalue weighted by Gasteiger charge is -2.23. The minimum atomic E-state index is 0.599. The topological polar surface area (TPSA) is 73.1 Å². The Morgan fingerprint density at radius 1 is 1.32 bits per heavy atom. The average Bonchev–Trinajstić information content (AvgIpc) is 2.55. The van der Waals surface area contributed by atoms with E-state index in [-0.39, 0.29) is 0 Å². The van der Waals surface area contributed by atoms with Crippen LogP contribution in [0.1, 0.15) is 36.4 Å². The maximum Gasteiger partial charge on any atom is 0.132 e. The summed E-state index contributed by atoms with van der Waals surface area (Å²) in [6.07, 6.45) is 4.88. The van der Waals surface area contributed by atoms with Crippen LogP contribution < -0.4 is 10.6 Å². The number of rotatable bonds is 2. The fourth-order valence-electron chi connectivity index (χ4n) is 3.02. The lowest BCUT2D eigenvalue weighted by atomic mass is 9.90. The maximum atomic E-state index is 9.01. The molecule has 5 heteroatoms. The average molecular weight is 295 g/mol. The number of pyridine rings is 1. The molecule has 3 rings (SSSR count). The molecule has 22 heavy (non-hydrogen) atoms. The molecule has 1 saturated heterocycles. The van der Waals surface area contributed by atoms with Gasteiger partial charge in [0.05, 0.1) is 6.07 Å². The van der Waals surface area contributed by atoms with Crippen molar-refractivity contribution in [3.8, 4) is 6.07 Å². The van der Waals surface area contributed by atoms with Crippen molar-refractivity contribution in [2.75, 3.05) is 25.0 Å². The molecule has 1 fully saturated rings. The van der Waals surface area contributed by atoms with E-state index in [0.29, 0.717) is 12.5 Å². The van der Waals surface area contributed by atoms with Crippen molar-refractivity contribution in [1.29, 1.82) is 5.26 Å². The summed E-state index contributed by atoms with van der Waals surface area (Å²) < 4.78 is 0. The van der Waals surface area contributed by atoms with Crippen LogP contribution in [-0.2, 0) is 0 Å². The summed E-state index contributed by atoms with van der Waals surface area (Å²) in [5.74, 6) is 2.15. The van der Waals surface area contributed by atoms with E-state index in [0.717, 1.165) is 42.4 Å². The summed E-state index contributed by atoms with van der Waals surface area (Å²) in [5.41, 5.74) is 3.13. The van der Waals surface area contributed by atoms with Crippen LogP contribution in [0.3, 0.4) is 0 Å². The molecule has 2 aliphatic heterocycles. The standard InChI is InChI=1S/C17H21N5/c1-12-8-15(14-3-5-19-6-4-14)10-17(21-12)22-16-9-13(11-18)2-7-20-16/h8-10,14,19H,2-7H2,1H3,(H,20,21,22). The molecule has 0 bridgehead atoms. The van der Waals surface area contributed by atoms with E-state index >= 15 is 0 Å². The zero-order valence-electron chi connectivity index (χ0n) is 12.9. The monoisotopic (exact) mass is 295 g/mol. The first-order chi connectivity index (χ1) is 10.7. The second kappa shape index (κ2) is 6.71. The summed E-state index contributed by atoms with van der Waals surface area (Å²) >= 11 is 0. The number of anilines is 1. The van der Waals surface area contributed by atoms with E-state index < -0.39 is 0 Å². The summed E-state index contributed by atoms with van der Waals surface area (Å²) in [6.45, 7) is 4.84. The van der Waals surface area contributed by atoms with Gasteiger partial charge in [-0.05, 0) is 62.5 Å². The summed E-state index contributed by atoms with van der Waals surface area (Å²) in [7, 11) is 0. The number of nitrogens with one attached hydrogen (secondary N) is 2. The van der Waals surface area contributed by atoms with Gasteiger partial charge in [-0.2, -0.15) is 5.26 Å². The number of hydrogen-bond acceptors (Lipinski definition) is 5. The second-order valence-corrected chi connectivity index (χ2v) is 5.87. The van der Waals surface area contributed by atoms with Crippen molar-refractivity contribution >= 4 is 11.7 Å². The maximum absolute atomic E-state index is 9.01. The molecule has 2 aliphatic rings. The molecule has 1 aromatic rings. The molecule has 2 N–H and O–H groups in total. The van der Waals surface area contributed by atoms with Gasteiger partial charge in [0, 0.05) is 24.2 Å². The number of aliphatic imine (C=N–C) groups is 1. The summed E-state index contributed by atoms with van der Waals surface area (Å²) in [6, 6.07) is 6.51. The Morgan fingerprint density at radius 3 is 2.91 bits per heavy atom. The van der Waals surface area contributed by atoms with Crippen molar-refractivity contribution < 1.29 is 0 Å². The molecule has 3 heterocycles. The number of aromatic nitrogens is 1. The Hall–Kier alpha value is -2.19. The largest absolute Gasteiger partial charge is 0.325 e. The lowest BCUT2D eigenvalue weighted by Crippen LogP contribution is -2.26. The molecule has 0 unspecified atom stereocenters. The molecule has 5 nitrogen and oxygen atoms in total. The van der Waals surface area contributed by atoms with Gasteiger partial charge in [0.25, 0.3) is 0 Å². The molecule has 0 aromatic carbocycles. The number of amidine groups is 1. The number of piperidine rings is 1. The zero-order chi connectivity index (χ0) is 15.4. The molecule has 0 radical (unpaired) electrons. The molecule has 0 saturated carbocycles. The van der Waals surface area contributed by atoms with Crippen molar-refractivity contribution in [3.05, 3.63) is 35.0 Å². The number of dihydropyridines is 1. The Morgan fingerprint density at radius 2 is 2.14 bits per heavy atom. The Balaban J connectivity index is 1.79. The van der Waals surface area contributed by atoms with Crippen LogP contribution in [0.25, 0.3) is 0 Å². The molecular formula is C17H21N5. The Kier molecular flexibility index (Phi) is 4.50. The first-order valence-electron chi connectivity index (χ1n) is 7.86. The normalized spacial score (nSPS) is 19.1. The fraction of sp³-hybridized carbons (Fsp3) is 0.471. The van der Waals surface area contributed by atoms with Crippen LogP contribution in [-0.4, -0.2) is 30.5 Å². The highest BCUT2D eigenvalue weighted by Gasteiger charge is 2.17. The third-order valence-electron chi connectivity index (χ3n) is 4.16. The van der Waals surface area contributed by atoms with Crippen molar-refractivity contribution in [2.45, 2.75) is 32.1 Å². The van der Waals surface area contributed by atoms with E-state index in [1.165, 1.54) is 18.4 Å². The van der Waals surface area contributed by atoms with E-state index in [1.54, 1.807) is 0 Å². The van der Waals surface area contributed by atoms with Crippen LogP contribution in [0.15, 0.2) is 28.8 Å². The third-order valence-corrected chi connectivity index (χ3v) is 4.16. The minimum Gasteiger partial charge on any atom is -0.325 e. The Bertz CT molecular complexity index is 648. The summed E-state index contributed by atoms with van der Waals surface area (Å²) in [4.78, 5) is 8.98. The fourth-order valence-corrected chi connectivity index (χ4v) is 3.02. The minimum absolute atomic E-state index is 0.599. The predicted molar refractivity (Wildman–Crippen MR) is 88.1 cm³/mol. The highest BCUT2D eigenvalue weighted by Crippen LogP contribution is 2.27. The lowest BCUT2D eigenvalue weighted by molar-refractivity contribution is 0.460. The zero-order valence-corrected chi connectivity index (χ0v) is 12.9. The van der Waals surface area contributed by atoms with Gasteiger partial charge in [0.2, 0.25) is 0 Å². The first kappa shape index (κ1) is 14.7. The van der Waals surface area contributed by atoms with Gasteiger partial charge in [0.1, 0.15) is 11.7 Å². The second-order valence-electron chi connectivity index (χ2n) is 5.87. The van der Waals surface area contributed by atoms with Crippen LogP contribution >= 0.6 is 0 Å². The van der Waals surface area contributed by atoms with Crippen LogP contribution in [0.2, 0.25) is 0 Å². The quantitative estimate of drug-likeness (QED) is 0.879. The highest BCUT2D eigenvalue weighted by molar-refractivity contribution is 6.04. The molecule has 0 spiro atoms.